The molecule has 3 aromatic rings. The van der Waals surface area contributed by atoms with Crippen molar-refractivity contribution in [2.75, 3.05) is 13.2 Å². The molecule has 0 heterocycles. The van der Waals surface area contributed by atoms with Gasteiger partial charge >= 0.3 is 0 Å². The lowest BCUT2D eigenvalue weighted by molar-refractivity contribution is 0.0827. The molecule has 0 saturated carbocycles. The average Bonchev–Trinajstić information content (AvgIpc) is 2.46. The highest BCUT2D eigenvalue weighted by atomic mass is 16.5. The number of fused-ring (bicyclic) bond motifs is 2. The number of hydrogen-bond donors (Lipinski definition) is 1. The van der Waals surface area contributed by atoms with Crippen LogP contribution in [-0.4, -0.2) is 18.3 Å². The Balaban J connectivity index is 2.21. The van der Waals surface area contributed by atoms with E-state index in [1.165, 1.54) is 27.1 Å². The maximum absolute atomic E-state index is 8.85. The fourth-order valence-electron chi connectivity index (χ4n) is 2.50. The lowest BCUT2D eigenvalue weighted by atomic mass is 9.97. The third kappa shape index (κ3) is 2.33. The summed E-state index contributed by atoms with van der Waals surface area (Å²) in [7, 11) is 0. The minimum absolute atomic E-state index is 0.0582. The van der Waals surface area contributed by atoms with Gasteiger partial charge < -0.3 is 9.84 Å². The predicted molar refractivity (Wildman–Crippen MR) is 78.2 cm³/mol. The Morgan fingerprint density at radius 1 is 0.842 bits per heavy atom. The lowest BCUT2D eigenvalue weighted by Gasteiger charge is -2.11. The number of ether oxygens (including phenoxy) is 1. The normalized spacial score (nSPS) is 11.2. The molecule has 0 aliphatic heterocycles. The Hall–Kier alpha value is -1.90. The predicted octanol–water partition coefficient (Wildman–Crippen LogP) is 3.50. The molecular weight excluding hydrogens is 236 g/mol. The van der Waals surface area contributed by atoms with Crippen LogP contribution in [0.2, 0.25) is 0 Å². The molecule has 0 atom stereocenters. The smallest absolute Gasteiger partial charge is 0.0730 e. The molecule has 0 aliphatic rings. The summed E-state index contributed by atoms with van der Waals surface area (Å²) < 4.78 is 5.54. The van der Waals surface area contributed by atoms with Gasteiger partial charge in [0, 0.05) is 0 Å². The number of aliphatic hydroxyl groups is 1. The second-order valence-electron chi connectivity index (χ2n) is 4.57. The fraction of sp³-hybridized carbons (Fsp3) is 0.176. The molecule has 0 bridgehead atoms. The van der Waals surface area contributed by atoms with Crippen molar-refractivity contribution >= 4 is 21.5 Å². The number of hydrogen-bond acceptors (Lipinski definition) is 2. The van der Waals surface area contributed by atoms with Gasteiger partial charge in [0.1, 0.15) is 0 Å². The zero-order valence-electron chi connectivity index (χ0n) is 10.7. The summed E-state index contributed by atoms with van der Waals surface area (Å²) >= 11 is 0. The molecule has 0 fully saturated rings. The standard InChI is InChI=1S/C17H16O2/c18-9-10-19-12-17-15-7-3-1-5-13(15)11-14-6-2-4-8-16(14)17/h1-8,11,18H,9-10,12H2. The molecule has 96 valence electrons. The molecule has 2 heteroatoms. The molecular formula is C17H16O2. The molecule has 2 nitrogen and oxygen atoms in total. The molecule has 0 aliphatic carbocycles. The fourth-order valence-corrected chi connectivity index (χ4v) is 2.50. The zero-order chi connectivity index (χ0) is 13.1. The summed E-state index contributed by atoms with van der Waals surface area (Å²) in [6, 6.07) is 18.9. The van der Waals surface area contributed by atoms with Crippen LogP contribution < -0.4 is 0 Å². The third-order valence-electron chi connectivity index (χ3n) is 3.36. The van der Waals surface area contributed by atoms with Gasteiger partial charge in [-0.1, -0.05) is 48.5 Å². The average molecular weight is 252 g/mol. The van der Waals surface area contributed by atoms with Crippen LogP contribution in [0.15, 0.2) is 54.6 Å². The van der Waals surface area contributed by atoms with E-state index in [0.717, 1.165) is 0 Å². The first-order valence-corrected chi connectivity index (χ1v) is 6.48. The Morgan fingerprint density at radius 3 is 2.00 bits per heavy atom. The summed E-state index contributed by atoms with van der Waals surface area (Å²) in [4.78, 5) is 0. The van der Waals surface area contributed by atoms with E-state index in [-0.39, 0.29) is 6.61 Å². The van der Waals surface area contributed by atoms with Crippen LogP contribution in [0, 0.1) is 0 Å². The molecule has 1 N–H and O–H groups in total. The van der Waals surface area contributed by atoms with Crippen LogP contribution in [0.5, 0.6) is 0 Å². The molecule has 3 rings (SSSR count). The largest absolute Gasteiger partial charge is 0.394 e. The van der Waals surface area contributed by atoms with E-state index in [2.05, 4.69) is 42.5 Å². The van der Waals surface area contributed by atoms with E-state index in [1.807, 2.05) is 12.1 Å². The molecule has 3 aromatic carbocycles. The molecule has 0 radical (unpaired) electrons. The highest BCUT2D eigenvalue weighted by Crippen LogP contribution is 2.28. The van der Waals surface area contributed by atoms with E-state index in [4.69, 9.17) is 9.84 Å². The molecule has 0 amide bonds. The Labute approximate surface area is 112 Å². The summed E-state index contributed by atoms with van der Waals surface area (Å²) in [6.45, 7) is 0.961. The van der Waals surface area contributed by atoms with Gasteiger partial charge in [-0.05, 0) is 33.2 Å². The van der Waals surface area contributed by atoms with Crippen LogP contribution in [0.1, 0.15) is 5.56 Å². The van der Waals surface area contributed by atoms with Crippen molar-refractivity contribution < 1.29 is 9.84 Å². The van der Waals surface area contributed by atoms with Crippen molar-refractivity contribution in [3.05, 3.63) is 60.2 Å². The maximum atomic E-state index is 8.85. The minimum Gasteiger partial charge on any atom is -0.394 e. The molecule has 0 aromatic heterocycles. The van der Waals surface area contributed by atoms with Gasteiger partial charge in [-0.15, -0.1) is 0 Å². The van der Waals surface area contributed by atoms with Crippen molar-refractivity contribution in [2.24, 2.45) is 0 Å². The van der Waals surface area contributed by atoms with E-state index < -0.39 is 0 Å². The molecule has 0 unspecified atom stereocenters. The third-order valence-corrected chi connectivity index (χ3v) is 3.36. The van der Waals surface area contributed by atoms with E-state index in [1.54, 1.807) is 0 Å². The first-order chi connectivity index (χ1) is 9.40. The maximum Gasteiger partial charge on any atom is 0.0730 e. The van der Waals surface area contributed by atoms with Gasteiger partial charge in [0.15, 0.2) is 0 Å². The summed E-state index contributed by atoms with van der Waals surface area (Å²) in [6.07, 6.45) is 0. The monoisotopic (exact) mass is 252 g/mol. The van der Waals surface area contributed by atoms with Crippen molar-refractivity contribution in [1.82, 2.24) is 0 Å². The second-order valence-corrected chi connectivity index (χ2v) is 4.57. The van der Waals surface area contributed by atoms with E-state index in [0.29, 0.717) is 13.2 Å². The van der Waals surface area contributed by atoms with E-state index in [9.17, 15) is 0 Å². The number of rotatable bonds is 4. The molecule has 19 heavy (non-hydrogen) atoms. The van der Waals surface area contributed by atoms with Gasteiger partial charge in [0.25, 0.3) is 0 Å². The first-order valence-electron chi connectivity index (χ1n) is 6.48. The summed E-state index contributed by atoms with van der Waals surface area (Å²) in [5, 5.41) is 13.7. The van der Waals surface area contributed by atoms with Crippen LogP contribution in [0.25, 0.3) is 21.5 Å². The van der Waals surface area contributed by atoms with Crippen molar-refractivity contribution in [2.45, 2.75) is 6.61 Å². The van der Waals surface area contributed by atoms with Crippen LogP contribution >= 0.6 is 0 Å². The topological polar surface area (TPSA) is 29.5 Å². The van der Waals surface area contributed by atoms with Gasteiger partial charge in [-0.25, -0.2) is 0 Å². The summed E-state index contributed by atoms with van der Waals surface area (Å²) in [5.41, 5.74) is 1.20. The van der Waals surface area contributed by atoms with Gasteiger partial charge in [-0.3, -0.25) is 0 Å². The lowest BCUT2D eigenvalue weighted by Crippen LogP contribution is -2.00. The van der Waals surface area contributed by atoms with Gasteiger partial charge in [0.05, 0.1) is 19.8 Å². The van der Waals surface area contributed by atoms with E-state index >= 15 is 0 Å². The van der Waals surface area contributed by atoms with Gasteiger partial charge in [-0.2, -0.15) is 0 Å². The SMILES string of the molecule is OCCOCc1c2ccccc2cc2ccccc12. The zero-order valence-corrected chi connectivity index (χ0v) is 10.7. The quantitative estimate of drug-likeness (QED) is 0.569. The van der Waals surface area contributed by atoms with Crippen molar-refractivity contribution in [3.8, 4) is 0 Å². The van der Waals surface area contributed by atoms with Crippen LogP contribution in [-0.2, 0) is 11.3 Å². The minimum atomic E-state index is 0.0582. The van der Waals surface area contributed by atoms with Gasteiger partial charge in [0.2, 0.25) is 0 Å². The highest BCUT2D eigenvalue weighted by Gasteiger charge is 2.07. The molecule has 0 spiro atoms. The van der Waals surface area contributed by atoms with Crippen LogP contribution in [0.4, 0.5) is 0 Å². The Kier molecular flexibility index (Phi) is 3.45. The highest BCUT2D eigenvalue weighted by molar-refractivity contribution is 6.02. The molecule has 0 saturated heterocycles. The van der Waals surface area contributed by atoms with Crippen molar-refractivity contribution in [1.29, 1.82) is 0 Å². The summed E-state index contributed by atoms with van der Waals surface area (Å²) in [5.74, 6) is 0. The van der Waals surface area contributed by atoms with Crippen molar-refractivity contribution in [3.63, 3.8) is 0 Å². The second kappa shape index (κ2) is 5.39. The number of benzene rings is 3. The first kappa shape index (κ1) is 12.2. The Morgan fingerprint density at radius 2 is 1.42 bits per heavy atom. The Bertz CT molecular complexity index is 650. The number of aliphatic hydroxyl groups excluding tert-OH is 1. The van der Waals surface area contributed by atoms with Crippen LogP contribution in [0.3, 0.4) is 0 Å².